The highest BCUT2D eigenvalue weighted by Crippen LogP contribution is 2.41. The number of carbonyl (C=O) groups excluding carboxylic acids is 3. The Morgan fingerprint density at radius 1 is 0.943 bits per heavy atom. The number of Topliss-reactive ketones (excluding diaryl/α,β-unsaturated/α-hetero) is 1. The Kier molecular flexibility index (Phi) is 7.41. The summed E-state index contributed by atoms with van der Waals surface area (Å²) in [5, 5.41) is 10.9. The minimum Gasteiger partial charge on any atom is -0.503 e. The average Bonchev–Trinajstić information content (AvgIpc) is 3.17. The van der Waals surface area contributed by atoms with Gasteiger partial charge in [0.15, 0.2) is 11.5 Å². The first-order chi connectivity index (χ1) is 17.0. The largest absolute Gasteiger partial charge is 0.503 e. The Hall–Kier alpha value is -4.19. The third kappa shape index (κ3) is 5.17. The van der Waals surface area contributed by atoms with Crippen molar-refractivity contribution in [3.63, 3.8) is 0 Å². The first-order valence-electron chi connectivity index (χ1n) is 11.7. The quantitative estimate of drug-likeness (QED) is 0.427. The second kappa shape index (κ2) is 10.8. The fourth-order valence-electron chi connectivity index (χ4n) is 4.21. The molecule has 35 heavy (non-hydrogen) atoms. The van der Waals surface area contributed by atoms with Gasteiger partial charge in [0.25, 0.3) is 5.91 Å². The summed E-state index contributed by atoms with van der Waals surface area (Å²) >= 11 is 0. The molecule has 6 heteroatoms. The van der Waals surface area contributed by atoms with Gasteiger partial charge in [0.2, 0.25) is 0 Å². The number of anilines is 1. The van der Waals surface area contributed by atoms with Crippen LogP contribution in [0.1, 0.15) is 47.3 Å². The van der Waals surface area contributed by atoms with Crippen molar-refractivity contribution in [1.29, 1.82) is 0 Å². The normalized spacial score (nSPS) is 15.4. The molecule has 6 nitrogen and oxygen atoms in total. The van der Waals surface area contributed by atoms with Crippen LogP contribution in [0.4, 0.5) is 5.69 Å². The molecule has 1 aliphatic heterocycles. The molecule has 1 amide bonds. The first-order valence-corrected chi connectivity index (χ1v) is 11.7. The van der Waals surface area contributed by atoms with Gasteiger partial charge >= 0.3 is 5.97 Å². The van der Waals surface area contributed by atoms with Gasteiger partial charge in [-0.3, -0.25) is 14.5 Å². The number of amides is 1. The zero-order valence-electron chi connectivity index (χ0n) is 19.5. The van der Waals surface area contributed by atoms with Gasteiger partial charge in [0, 0.05) is 12.1 Å². The minimum atomic E-state index is -0.811. The van der Waals surface area contributed by atoms with Crippen LogP contribution in [0.15, 0.2) is 96.3 Å². The zero-order chi connectivity index (χ0) is 24.8. The van der Waals surface area contributed by atoms with Crippen molar-refractivity contribution in [2.24, 2.45) is 0 Å². The average molecular weight is 470 g/mol. The van der Waals surface area contributed by atoms with E-state index in [1.165, 1.54) is 4.90 Å². The Morgan fingerprint density at radius 3 is 2.31 bits per heavy atom. The van der Waals surface area contributed by atoms with E-state index in [-0.39, 0.29) is 17.8 Å². The van der Waals surface area contributed by atoms with E-state index < -0.39 is 23.7 Å². The van der Waals surface area contributed by atoms with Crippen molar-refractivity contribution in [2.75, 3.05) is 11.5 Å². The summed E-state index contributed by atoms with van der Waals surface area (Å²) in [6.07, 6.45) is 1.33. The molecule has 178 valence electrons. The summed E-state index contributed by atoms with van der Waals surface area (Å²) < 4.78 is 5.23. The van der Waals surface area contributed by atoms with E-state index >= 15 is 0 Å². The molecule has 0 aromatic heterocycles. The number of aliphatic hydroxyl groups excluding tert-OH is 1. The predicted molar refractivity (Wildman–Crippen MR) is 133 cm³/mol. The monoisotopic (exact) mass is 469 g/mol. The lowest BCUT2D eigenvalue weighted by Crippen LogP contribution is -2.31. The SMILES string of the molecule is CCCOC(=O)c1cccc(N2C(=O)C(O)=C(C(=O)CCc3ccccc3)C2c2ccccc2)c1. The molecule has 4 rings (SSSR count). The van der Waals surface area contributed by atoms with E-state index in [2.05, 4.69) is 0 Å². The number of carbonyl (C=O) groups is 3. The van der Waals surface area contributed by atoms with Gasteiger partial charge in [0.05, 0.1) is 23.8 Å². The maximum Gasteiger partial charge on any atom is 0.338 e. The third-order valence-electron chi connectivity index (χ3n) is 5.90. The molecule has 1 atom stereocenters. The fourth-order valence-corrected chi connectivity index (χ4v) is 4.21. The van der Waals surface area contributed by atoms with Gasteiger partial charge in [-0.15, -0.1) is 0 Å². The van der Waals surface area contributed by atoms with Gasteiger partial charge in [0.1, 0.15) is 0 Å². The molecule has 1 heterocycles. The van der Waals surface area contributed by atoms with Crippen molar-refractivity contribution in [3.8, 4) is 0 Å². The molecular weight excluding hydrogens is 442 g/mol. The van der Waals surface area contributed by atoms with Crippen molar-refractivity contribution >= 4 is 23.3 Å². The number of ether oxygens (including phenoxy) is 1. The Labute approximate surface area is 204 Å². The molecule has 1 aliphatic rings. The smallest absolute Gasteiger partial charge is 0.338 e. The number of benzene rings is 3. The zero-order valence-corrected chi connectivity index (χ0v) is 19.5. The van der Waals surface area contributed by atoms with E-state index in [1.807, 2.05) is 67.6 Å². The molecule has 0 bridgehead atoms. The van der Waals surface area contributed by atoms with Gasteiger partial charge in [-0.1, -0.05) is 73.7 Å². The number of esters is 1. The summed E-state index contributed by atoms with van der Waals surface area (Å²) in [6.45, 7) is 2.20. The van der Waals surface area contributed by atoms with Crippen LogP contribution in [0.3, 0.4) is 0 Å². The first kappa shape index (κ1) is 24.0. The van der Waals surface area contributed by atoms with Crippen LogP contribution in [0.25, 0.3) is 0 Å². The van der Waals surface area contributed by atoms with E-state index in [1.54, 1.807) is 24.3 Å². The number of aliphatic hydroxyl groups is 1. The Balaban J connectivity index is 1.69. The lowest BCUT2D eigenvalue weighted by Gasteiger charge is -2.27. The van der Waals surface area contributed by atoms with Crippen LogP contribution >= 0.6 is 0 Å². The second-order valence-corrected chi connectivity index (χ2v) is 8.35. The summed E-state index contributed by atoms with van der Waals surface area (Å²) in [6, 6.07) is 24.4. The van der Waals surface area contributed by atoms with Gasteiger partial charge in [-0.2, -0.15) is 0 Å². The highest BCUT2D eigenvalue weighted by Gasteiger charge is 2.44. The number of aryl methyl sites for hydroxylation is 1. The number of hydrogen-bond donors (Lipinski definition) is 1. The molecule has 0 saturated carbocycles. The van der Waals surface area contributed by atoms with Crippen LogP contribution < -0.4 is 4.90 Å². The fraction of sp³-hybridized carbons (Fsp3) is 0.207. The van der Waals surface area contributed by atoms with Gasteiger partial charge in [-0.05, 0) is 42.2 Å². The number of hydrogen-bond acceptors (Lipinski definition) is 5. The molecule has 1 N–H and O–H groups in total. The molecule has 0 fully saturated rings. The maximum atomic E-state index is 13.4. The highest BCUT2D eigenvalue weighted by atomic mass is 16.5. The standard InChI is InChI=1S/C29H27NO5/c1-2-18-35-29(34)22-14-9-15-23(19-22)30-26(21-12-7-4-8-13-21)25(27(32)28(30)33)24(31)17-16-20-10-5-3-6-11-20/h3-15,19,26,32H,2,16-18H2,1H3. The molecule has 0 aliphatic carbocycles. The molecule has 0 radical (unpaired) electrons. The van der Waals surface area contributed by atoms with E-state index in [4.69, 9.17) is 4.74 Å². The molecule has 0 spiro atoms. The van der Waals surface area contributed by atoms with Crippen LogP contribution in [-0.4, -0.2) is 29.4 Å². The van der Waals surface area contributed by atoms with Crippen LogP contribution in [0.2, 0.25) is 0 Å². The molecule has 0 saturated heterocycles. The lowest BCUT2D eigenvalue weighted by molar-refractivity contribution is -0.118. The lowest BCUT2D eigenvalue weighted by atomic mass is 9.93. The number of rotatable bonds is 9. The Bertz CT molecular complexity index is 1250. The van der Waals surface area contributed by atoms with E-state index in [9.17, 15) is 19.5 Å². The summed E-state index contributed by atoms with van der Waals surface area (Å²) in [7, 11) is 0. The van der Waals surface area contributed by atoms with Gasteiger partial charge < -0.3 is 9.84 Å². The van der Waals surface area contributed by atoms with Gasteiger partial charge in [-0.25, -0.2) is 4.79 Å². The maximum absolute atomic E-state index is 13.4. The second-order valence-electron chi connectivity index (χ2n) is 8.35. The molecular formula is C29H27NO5. The predicted octanol–water partition coefficient (Wildman–Crippen LogP) is 5.36. The van der Waals surface area contributed by atoms with E-state index in [0.717, 1.165) is 5.56 Å². The van der Waals surface area contributed by atoms with Crippen molar-refractivity contribution in [1.82, 2.24) is 0 Å². The molecule has 3 aromatic carbocycles. The van der Waals surface area contributed by atoms with Crippen molar-refractivity contribution in [3.05, 3.63) is 113 Å². The van der Waals surface area contributed by atoms with Crippen LogP contribution in [-0.2, 0) is 20.7 Å². The molecule has 3 aromatic rings. The minimum absolute atomic E-state index is 0.0658. The number of nitrogens with zero attached hydrogens (tertiary/aromatic N) is 1. The number of ketones is 1. The van der Waals surface area contributed by atoms with Crippen molar-refractivity contribution in [2.45, 2.75) is 32.2 Å². The van der Waals surface area contributed by atoms with Crippen LogP contribution in [0.5, 0.6) is 0 Å². The highest BCUT2D eigenvalue weighted by molar-refractivity contribution is 6.16. The van der Waals surface area contributed by atoms with Crippen LogP contribution in [0, 0.1) is 0 Å². The van der Waals surface area contributed by atoms with E-state index in [0.29, 0.717) is 36.3 Å². The van der Waals surface area contributed by atoms with Crippen molar-refractivity contribution < 1.29 is 24.2 Å². The summed E-state index contributed by atoms with van der Waals surface area (Å²) in [5.74, 6) is -2.03. The summed E-state index contributed by atoms with van der Waals surface area (Å²) in [5.41, 5.74) is 2.44. The third-order valence-corrected chi connectivity index (χ3v) is 5.90. The summed E-state index contributed by atoms with van der Waals surface area (Å²) in [4.78, 5) is 40.4. The molecule has 1 unspecified atom stereocenters. The topological polar surface area (TPSA) is 83.9 Å². The Morgan fingerprint density at radius 2 is 1.63 bits per heavy atom.